The molecule has 0 fully saturated rings. The Labute approximate surface area is 163 Å². The Morgan fingerprint density at radius 3 is 2.79 bits per heavy atom. The number of rotatable bonds is 6. The van der Waals surface area contributed by atoms with Crippen molar-refractivity contribution in [2.75, 3.05) is 13.7 Å². The summed E-state index contributed by atoms with van der Waals surface area (Å²) in [6.45, 7) is 4.09. The Morgan fingerprint density at radius 2 is 2.04 bits per heavy atom. The highest BCUT2D eigenvalue weighted by Crippen LogP contribution is 2.30. The summed E-state index contributed by atoms with van der Waals surface area (Å²) in [5, 5.41) is 4.32. The Morgan fingerprint density at radius 1 is 1.25 bits per heavy atom. The van der Waals surface area contributed by atoms with Crippen molar-refractivity contribution in [1.82, 2.24) is 5.43 Å². The Kier molecular flexibility index (Phi) is 6.13. The number of hydrogen-bond acceptors (Lipinski definition) is 6. The van der Waals surface area contributed by atoms with Gasteiger partial charge in [0, 0.05) is 17.5 Å². The molecular weight excluding hydrogens is 360 g/mol. The SMILES string of the molecule is CCCOC(=O)c1oc2c(c1C)/C(=N/NC(=O)c1ccccc1OC)CCC2. The van der Waals surface area contributed by atoms with Crippen molar-refractivity contribution >= 4 is 17.6 Å². The van der Waals surface area contributed by atoms with Crippen molar-refractivity contribution in [3.8, 4) is 5.75 Å². The van der Waals surface area contributed by atoms with Crippen molar-refractivity contribution < 1.29 is 23.5 Å². The van der Waals surface area contributed by atoms with E-state index in [1.54, 1.807) is 24.3 Å². The number of carbonyl (C=O) groups excluding carboxylic acids is 2. The average Bonchev–Trinajstić information content (AvgIpc) is 3.07. The van der Waals surface area contributed by atoms with E-state index in [1.165, 1.54) is 7.11 Å². The second kappa shape index (κ2) is 8.73. The molecule has 0 unspecified atom stereocenters. The quantitative estimate of drug-likeness (QED) is 0.607. The van der Waals surface area contributed by atoms with Gasteiger partial charge in [-0.05, 0) is 38.3 Å². The van der Waals surface area contributed by atoms with E-state index >= 15 is 0 Å². The number of furan rings is 1. The van der Waals surface area contributed by atoms with Crippen LogP contribution in [0.5, 0.6) is 5.75 Å². The van der Waals surface area contributed by atoms with E-state index < -0.39 is 5.97 Å². The van der Waals surface area contributed by atoms with Gasteiger partial charge in [0.25, 0.3) is 5.91 Å². The van der Waals surface area contributed by atoms with Crippen LogP contribution in [-0.4, -0.2) is 31.3 Å². The van der Waals surface area contributed by atoms with Crippen LogP contribution in [-0.2, 0) is 11.2 Å². The molecule has 1 N–H and O–H groups in total. The summed E-state index contributed by atoms with van der Waals surface area (Å²) < 4.78 is 16.2. The Hall–Kier alpha value is -3.09. The van der Waals surface area contributed by atoms with Crippen molar-refractivity contribution in [3.05, 3.63) is 52.5 Å². The lowest BCUT2D eigenvalue weighted by Crippen LogP contribution is -2.22. The predicted molar refractivity (Wildman–Crippen MR) is 104 cm³/mol. The third-order valence-corrected chi connectivity index (χ3v) is 4.59. The number of nitrogens with zero attached hydrogens (tertiary/aromatic N) is 1. The van der Waals surface area contributed by atoms with Gasteiger partial charge in [-0.1, -0.05) is 19.1 Å². The van der Waals surface area contributed by atoms with Crippen LogP contribution in [0.1, 0.15) is 64.0 Å². The molecule has 1 aliphatic carbocycles. The highest BCUT2D eigenvalue weighted by molar-refractivity contribution is 6.06. The molecule has 1 heterocycles. The second-order valence-corrected chi connectivity index (χ2v) is 6.54. The second-order valence-electron chi connectivity index (χ2n) is 6.54. The van der Waals surface area contributed by atoms with E-state index in [2.05, 4.69) is 10.5 Å². The number of benzene rings is 1. The lowest BCUT2D eigenvalue weighted by Gasteiger charge is -2.14. The summed E-state index contributed by atoms with van der Waals surface area (Å²) in [6, 6.07) is 6.95. The molecule has 0 aliphatic heterocycles. The van der Waals surface area contributed by atoms with Crippen LogP contribution in [0.4, 0.5) is 0 Å². The fourth-order valence-electron chi connectivity index (χ4n) is 3.25. The molecule has 0 saturated carbocycles. The van der Waals surface area contributed by atoms with Crippen molar-refractivity contribution in [1.29, 1.82) is 0 Å². The molecule has 1 aromatic carbocycles. The molecule has 148 valence electrons. The van der Waals surface area contributed by atoms with E-state index in [0.29, 0.717) is 41.4 Å². The third kappa shape index (κ3) is 3.93. The predicted octanol–water partition coefficient (Wildman–Crippen LogP) is 3.63. The summed E-state index contributed by atoms with van der Waals surface area (Å²) in [5.74, 6) is 0.568. The van der Waals surface area contributed by atoms with Crippen LogP contribution >= 0.6 is 0 Å². The van der Waals surface area contributed by atoms with Gasteiger partial charge >= 0.3 is 5.97 Å². The lowest BCUT2D eigenvalue weighted by molar-refractivity contribution is 0.0465. The number of amides is 1. The Bertz CT molecular complexity index is 914. The average molecular weight is 384 g/mol. The van der Waals surface area contributed by atoms with Crippen LogP contribution in [0.25, 0.3) is 0 Å². The third-order valence-electron chi connectivity index (χ3n) is 4.59. The van der Waals surface area contributed by atoms with E-state index in [4.69, 9.17) is 13.9 Å². The van der Waals surface area contributed by atoms with E-state index in [-0.39, 0.29) is 11.7 Å². The van der Waals surface area contributed by atoms with Crippen molar-refractivity contribution in [3.63, 3.8) is 0 Å². The molecule has 0 radical (unpaired) electrons. The van der Waals surface area contributed by atoms with Gasteiger partial charge in [0.15, 0.2) is 0 Å². The molecule has 1 aromatic heterocycles. The first kappa shape index (κ1) is 19.7. The van der Waals surface area contributed by atoms with Crippen molar-refractivity contribution in [2.24, 2.45) is 5.10 Å². The van der Waals surface area contributed by atoms with Gasteiger partial charge < -0.3 is 13.9 Å². The highest BCUT2D eigenvalue weighted by atomic mass is 16.5. The maximum Gasteiger partial charge on any atom is 0.374 e. The summed E-state index contributed by atoms with van der Waals surface area (Å²) in [5.41, 5.74) is 5.17. The maximum absolute atomic E-state index is 12.5. The molecule has 2 aromatic rings. The number of aryl methyl sites for hydroxylation is 1. The van der Waals surface area contributed by atoms with Gasteiger partial charge in [0.1, 0.15) is 11.5 Å². The van der Waals surface area contributed by atoms with Gasteiger partial charge in [-0.2, -0.15) is 5.10 Å². The van der Waals surface area contributed by atoms with Gasteiger partial charge in [0.05, 0.1) is 25.0 Å². The minimum absolute atomic E-state index is 0.212. The molecule has 1 aliphatic rings. The molecule has 0 bridgehead atoms. The summed E-state index contributed by atoms with van der Waals surface area (Å²) in [6.07, 6.45) is 2.97. The first-order valence-corrected chi connectivity index (χ1v) is 9.36. The number of hydrazone groups is 1. The Balaban J connectivity index is 1.84. The van der Waals surface area contributed by atoms with E-state index in [9.17, 15) is 9.59 Å². The number of ether oxygens (including phenoxy) is 2. The molecule has 0 saturated heterocycles. The number of nitrogens with one attached hydrogen (secondary N) is 1. The fraction of sp³-hybridized carbons (Fsp3) is 0.381. The number of fused-ring (bicyclic) bond motifs is 1. The van der Waals surface area contributed by atoms with Gasteiger partial charge in [-0.3, -0.25) is 4.79 Å². The molecular formula is C21H24N2O5. The van der Waals surface area contributed by atoms with Crippen LogP contribution in [0.2, 0.25) is 0 Å². The van der Waals surface area contributed by atoms with Crippen molar-refractivity contribution in [2.45, 2.75) is 39.5 Å². The fourth-order valence-corrected chi connectivity index (χ4v) is 3.25. The van der Waals surface area contributed by atoms with Crippen LogP contribution in [0.3, 0.4) is 0 Å². The molecule has 7 nitrogen and oxygen atoms in total. The molecule has 1 amide bonds. The first-order chi connectivity index (χ1) is 13.6. The zero-order valence-electron chi connectivity index (χ0n) is 16.3. The number of methoxy groups -OCH3 is 1. The van der Waals surface area contributed by atoms with Crippen LogP contribution in [0, 0.1) is 6.92 Å². The van der Waals surface area contributed by atoms with Gasteiger partial charge in [-0.15, -0.1) is 0 Å². The zero-order valence-corrected chi connectivity index (χ0v) is 16.3. The summed E-state index contributed by atoms with van der Waals surface area (Å²) in [4.78, 5) is 24.7. The van der Waals surface area contributed by atoms with E-state index in [1.807, 2.05) is 13.8 Å². The minimum atomic E-state index is -0.467. The van der Waals surface area contributed by atoms with Crippen LogP contribution in [0.15, 0.2) is 33.8 Å². The smallest absolute Gasteiger partial charge is 0.374 e. The molecule has 3 rings (SSSR count). The number of para-hydroxylation sites is 1. The maximum atomic E-state index is 12.5. The summed E-state index contributed by atoms with van der Waals surface area (Å²) >= 11 is 0. The number of carbonyl (C=O) groups is 2. The standard InChI is InChI=1S/C21H24N2O5/c1-4-12-27-21(25)19-13(2)18-15(9-7-11-17(18)28-19)22-23-20(24)14-8-5-6-10-16(14)26-3/h5-6,8,10H,4,7,9,11-12H2,1-3H3,(H,23,24)/b22-15+. The number of esters is 1. The first-order valence-electron chi connectivity index (χ1n) is 9.36. The number of hydrogen-bond donors (Lipinski definition) is 1. The van der Waals surface area contributed by atoms with Crippen LogP contribution < -0.4 is 10.2 Å². The minimum Gasteiger partial charge on any atom is -0.496 e. The van der Waals surface area contributed by atoms with Gasteiger partial charge in [0.2, 0.25) is 5.76 Å². The molecule has 28 heavy (non-hydrogen) atoms. The molecule has 0 atom stereocenters. The van der Waals surface area contributed by atoms with Gasteiger partial charge in [-0.25, -0.2) is 10.2 Å². The van der Waals surface area contributed by atoms with E-state index in [0.717, 1.165) is 24.8 Å². The monoisotopic (exact) mass is 384 g/mol. The molecule has 7 heteroatoms. The molecule has 0 spiro atoms. The lowest BCUT2D eigenvalue weighted by atomic mass is 9.93. The topological polar surface area (TPSA) is 90.1 Å². The normalized spacial score (nSPS) is 14.5. The highest BCUT2D eigenvalue weighted by Gasteiger charge is 2.28. The summed E-state index contributed by atoms with van der Waals surface area (Å²) in [7, 11) is 1.51. The zero-order chi connectivity index (χ0) is 20.1. The largest absolute Gasteiger partial charge is 0.496 e.